The molecule has 1 aromatic heterocycles. The number of carbonyl (C=O) groups excluding carboxylic acids is 1. The predicted octanol–water partition coefficient (Wildman–Crippen LogP) is 1.80. The minimum absolute atomic E-state index is 0.0892. The Labute approximate surface area is 154 Å². The summed E-state index contributed by atoms with van der Waals surface area (Å²) in [5, 5.41) is 2.81. The highest BCUT2D eigenvalue weighted by Gasteiger charge is 2.19. The van der Waals surface area contributed by atoms with Crippen LogP contribution in [0.4, 0.5) is 0 Å². The first-order valence-corrected chi connectivity index (χ1v) is 10.1. The zero-order valence-electron chi connectivity index (χ0n) is 15.0. The summed E-state index contributed by atoms with van der Waals surface area (Å²) in [6.07, 6.45) is 3.37. The Kier molecular flexibility index (Phi) is 7.23. The van der Waals surface area contributed by atoms with Crippen LogP contribution in [0.25, 0.3) is 0 Å². The number of rotatable bonds is 10. The van der Waals surface area contributed by atoms with Crippen molar-refractivity contribution in [2.24, 2.45) is 0 Å². The standard InChI is InChI=1S/C18H24N2O5S/c1-24-16-6-3-5-15(13-16)8-10-19-18(21)9-11-20(26(2,22)23)14-17-7-4-12-25-17/h3-7,12-13H,8-11,14H2,1-2H3,(H,19,21). The number of benzene rings is 1. The molecule has 1 amide bonds. The number of nitrogens with one attached hydrogen (secondary N) is 1. The number of amides is 1. The summed E-state index contributed by atoms with van der Waals surface area (Å²) in [4.78, 5) is 12.0. The van der Waals surface area contributed by atoms with Gasteiger partial charge in [0.25, 0.3) is 0 Å². The second-order valence-corrected chi connectivity index (χ2v) is 7.86. The first kappa shape index (κ1) is 20.0. The molecule has 2 aromatic rings. The van der Waals surface area contributed by atoms with E-state index in [1.807, 2.05) is 24.3 Å². The number of sulfonamides is 1. The molecular formula is C18H24N2O5S. The van der Waals surface area contributed by atoms with Gasteiger partial charge in [0.15, 0.2) is 0 Å². The Morgan fingerprint density at radius 1 is 1.27 bits per heavy atom. The third-order valence-electron chi connectivity index (χ3n) is 3.84. The summed E-state index contributed by atoms with van der Waals surface area (Å²) in [7, 11) is -1.82. The van der Waals surface area contributed by atoms with Gasteiger partial charge in [-0.25, -0.2) is 8.42 Å². The van der Waals surface area contributed by atoms with E-state index < -0.39 is 10.0 Å². The summed E-state index contributed by atoms with van der Waals surface area (Å²) in [6.45, 7) is 0.691. The van der Waals surface area contributed by atoms with E-state index >= 15 is 0 Å². The second kappa shape index (κ2) is 9.40. The van der Waals surface area contributed by atoms with Gasteiger partial charge in [-0.05, 0) is 36.2 Å². The third kappa shape index (κ3) is 6.53. The Hall–Kier alpha value is -2.32. The van der Waals surface area contributed by atoms with E-state index in [1.165, 1.54) is 10.6 Å². The van der Waals surface area contributed by atoms with Crippen molar-refractivity contribution in [3.8, 4) is 5.75 Å². The van der Waals surface area contributed by atoms with E-state index in [4.69, 9.17) is 9.15 Å². The van der Waals surface area contributed by atoms with Crippen molar-refractivity contribution < 1.29 is 22.4 Å². The van der Waals surface area contributed by atoms with Gasteiger partial charge in [-0.15, -0.1) is 0 Å². The van der Waals surface area contributed by atoms with Crippen molar-refractivity contribution in [2.75, 3.05) is 26.5 Å². The first-order chi connectivity index (χ1) is 12.4. The van der Waals surface area contributed by atoms with Gasteiger partial charge in [-0.2, -0.15) is 4.31 Å². The maximum atomic E-state index is 12.0. The van der Waals surface area contributed by atoms with E-state index in [-0.39, 0.29) is 25.4 Å². The fourth-order valence-corrected chi connectivity index (χ4v) is 3.21. The molecule has 0 radical (unpaired) electrons. The molecule has 0 aliphatic heterocycles. The highest BCUT2D eigenvalue weighted by Crippen LogP contribution is 2.13. The fraction of sp³-hybridized carbons (Fsp3) is 0.389. The van der Waals surface area contributed by atoms with Gasteiger partial charge in [0.1, 0.15) is 11.5 Å². The van der Waals surface area contributed by atoms with E-state index in [1.54, 1.807) is 19.2 Å². The summed E-state index contributed by atoms with van der Waals surface area (Å²) < 4.78 is 35.3. The van der Waals surface area contributed by atoms with Crippen molar-refractivity contribution in [1.82, 2.24) is 9.62 Å². The molecule has 0 bridgehead atoms. The number of hydrogen-bond acceptors (Lipinski definition) is 5. The molecular weight excluding hydrogens is 356 g/mol. The lowest BCUT2D eigenvalue weighted by Gasteiger charge is -2.18. The number of ether oxygens (including phenoxy) is 1. The van der Waals surface area contributed by atoms with Crippen LogP contribution in [0.3, 0.4) is 0 Å². The van der Waals surface area contributed by atoms with Crippen molar-refractivity contribution in [1.29, 1.82) is 0 Å². The highest BCUT2D eigenvalue weighted by molar-refractivity contribution is 7.88. The third-order valence-corrected chi connectivity index (χ3v) is 5.09. The van der Waals surface area contributed by atoms with Crippen molar-refractivity contribution in [3.63, 3.8) is 0 Å². The molecule has 1 aromatic carbocycles. The van der Waals surface area contributed by atoms with Gasteiger partial charge < -0.3 is 14.5 Å². The summed E-state index contributed by atoms with van der Waals surface area (Å²) >= 11 is 0. The molecule has 142 valence electrons. The van der Waals surface area contributed by atoms with Crippen LogP contribution < -0.4 is 10.1 Å². The molecule has 0 atom stereocenters. The smallest absolute Gasteiger partial charge is 0.221 e. The molecule has 0 fully saturated rings. The quantitative estimate of drug-likeness (QED) is 0.679. The maximum absolute atomic E-state index is 12.0. The van der Waals surface area contributed by atoms with E-state index in [2.05, 4.69) is 5.32 Å². The van der Waals surface area contributed by atoms with Crippen molar-refractivity contribution in [2.45, 2.75) is 19.4 Å². The fourth-order valence-electron chi connectivity index (χ4n) is 2.43. The molecule has 0 unspecified atom stereocenters. The molecule has 26 heavy (non-hydrogen) atoms. The number of carbonyl (C=O) groups is 1. The summed E-state index contributed by atoms with van der Waals surface area (Å²) in [5.74, 6) is 1.12. The molecule has 0 aliphatic rings. The van der Waals surface area contributed by atoms with Crippen LogP contribution in [0.2, 0.25) is 0 Å². The first-order valence-electron chi connectivity index (χ1n) is 8.25. The normalized spacial score (nSPS) is 11.5. The largest absolute Gasteiger partial charge is 0.497 e. The number of furan rings is 1. The number of nitrogens with zero attached hydrogens (tertiary/aromatic N) is 1. The van der Waals surface area contributed by atoms with Crippen LogP contribution >= 0.6 is 0 Å². The highest BCUT2D eigenvalue weighted by atomic mass is 32.2. The Bertz CT molecular complexity index is 803. The van der Waals surface area contributed by atoms with Gasteiger partial charge in [0.05, 0.1) is 26.2 Å². The van der Waals surface area contributed by atoms with Gasteiger partial charge in [0, 0.05) is 19.5 Å². The minimum atomic E-state index is -3.43. The molecule has 7 nitrogen and oxygen atoms in total. The average Bonchev–Trinajstić information content (AvgIpc) is 3.11. The van der Waals surface area contributed by atoms with Crippen LogP contribution in [0.15, 0.2) is 47.1 Å². The molecule has 0 aliphatic carbocycles. The maximum Gasteiger partial charge on any atom is 0.221 e. The molecule has 2 rings (SSSR count). The molecule has 0 saturated carbocycles. The zero-order valence-corrected chi connectivity index (χ0v) is 15.8. The van der Waals surface area contributed by atoms with Crippen molar-refractivity contribution in [3.05, 3.63) is 54.0 Å². The van der Waals surface area contributed by atoms with E-state index in [9.17, 15) is 13.2 Å². The molecule has 1 N–H and O–H groups in total. The van der Waals surface area contributed by atoms with Crippen LogP contribution in [-0.4, -0.2) is 45.1 Å². The van der Waals surface area contributed by atoms with E-state index in [0.29, 0.717) is 18.7 Å². The molecule has 0 spiro atoms. The summed E-state index contributed by atoms with van der Waals surface area (Å²) in [5.41, 5.74) is 1.06. The van der Waals surface area contributed by atoms with Crippen LogP contribution in [0.1, 0.15) is 17.7 Å². The Morgan fingerprint density at radius 2 is 2.08 bits per heavy atom. The predicted molar refractivity (Wildman–Crippen MR) is 98.3 cm³/mol. The van der Waals surface area contributed by atoms with Crippen LogP contribution in [0, 0.1) is 0 Å². The monoisotopic (exact) mass is 380 g/mol. The zero-order chi connectivity index (χ0) is 19.0. The van der Waals surface area contributed by atoms with Gasteiger partial charge in [-0.3, -0.25) is 4.79 Å². The van der Waals surface area contributed by atoms with Crippen LogP contribution in [0.5, 0.6) is 5.75 Å². The van der Waals surface area contributed by atoms with Gasteiger partial charge in [0.2, 0.25) is 15.9 Å². The van der Waals surface area contributed by atoms with Gasteiger partial charge in [-0.1, -0.05) is 12.1 Å². The number of hydrogen-bond donors (Lipinski definition) is 1. The van der Waals surface area contributed by atoms with Gasteiger partial charge >= 0.3 is 0 Å². The lowest BCUT2D eigenvalue weighted by molar-refractivity contribution is -0.121. The molecule has 0 saturated heterocycles. The Balaban J connectivity index is 1.78. The topological polar surface area (TPSA) is 88.8 Å². The molecule has 8 heteroatoms. The van der Waals surface area contributed by atoms with E-state index in [0.717, 1.165) is 17.6 Å². The average molecular weight is 380 g/mol. The van der Waals surface area contributed by atoms with Crippen molar-refractivity contribution >= 4 is 15.9 Å². The summed E-state index contributed by atoms with van der Waals surface area (Å²) in [6, 6.07) is 11.0. The SMILES string of the molecule is COc1cccc(CCNC(=O)CCN(Cc2ccco2)S(C)(=O)=O)c1. The Morgan fingerprint density at radius 3 is 2.73 bits per heavy atom. The lowest BCUT2D eigenvalue weighted by Crippen LogP contribution is -2.34. The number of methoxy groups -OCH3 is 1. The minimum Gasteiger partial charge on any atom is -0.497 e. The second-order valence-electron chi connectivity index (χ2n) is 5.88. The van der Waals surface area contributed by atoms with Crippen LogP contribution in [-0.2, 0) is 27.8 Å². The lowest BCUT2D eigenvalue weighted by atomic mass is 10.1. The molecule has 1 heterocycles.